The van der Waals surface area contributed by atoms with Gasteiger partial charge in [-0.2, -0.15) is 0 Å². The Labute approximate surface area is 206 Å². The van der Waals surface area contributed by atoms with Gasteiger partial charge in [-0.3, -0.25) is 4.79 Å². The number of fused-ring (bicyclic) bond motifs is 4. The Kier molecular flexibility index (Phi) is 6.57. The summed E-state index contributed by atoms with van der Waals surface area (Å²) in [5.41, 5.74) is 2.33. The van der Waals surface area contributed by atoms with E-state index in [-0.39, 0.29) is 34.6 Å². The Hall–Kier alpha value is -0.970. The van der Waals surface area contributed by atoms with Crippen LogP contribution in [0.1, 0.15) is 99.8 Å². The monoisotopic (exact) mass is 472 g/mol. The summed E-state index contributed by atoms with van der Waals surface area (Å²) in [7, 11) is 0. The molecule has 0 aliphatic heterocycles. The molecule has 0 aromatic carbocycles. The fourth-order valence-corrected chi connectivity index (χ4v) is 9.24. The van der Waals surface area contributed by atoms with E-state index in [9.17, 15) is 20.1 Å². The first-order valence-corrected chi connectivity index (χ1v) is 13.6. The average molecular weight is 473 g/mol. The summed E-state index contributed by atoms with van der Waals surface area (Å²) >= 11 is 0. The van der Waals surface area contributed by atoms with Crippen molar-refractivity contribution in [2.75, 3.05) is 6.61 Å². The third-order valence-corrected chi connectivity index (χ3v) is 11.7. The van der Waals surface area contributed by atoms with Crippen LogP contribution < -0.4 is 0 Å². The molecule has 4 aliphatic carbocycles. The van der Waals surface area contributed by atoms with E-state index in [1.54, 1.807) is 0 Å². The zero-order valence-corrected chi connectivity index (χ0v) is 22.6. The van der Waals surface area contributed by atoms with Crippen LogP contribution in [-0.4, -0.2) is 39.9 Å². The lowest BCUT2D eigenvalue weighted by atomic mass is 9.42. The van der Waals surface area contributed by atoms with Crippen molar-refractivity contribution < 1.29 is 20.1 Å². The van der Waals surface area contributed by atoms with E-state index < -0.39 is 17.6 Å². The van der Waals surface area contributed by atoms with Gasteiger partial charge in [-0.05, 0) is 79.4 Å². The van der Waals surface area contributed by atoms with E-state index in [4.69, 9.17) is 0 Å². The highest BCUT2D eigenvalue weighted by Gasteiger charge is 2.67. The number of aliphatic hydroxyl groups excluding tert-OH is 3. The fraction of sp³-hybridized carbons (Fsp3) is 0.833. The number of carbonyl (C=O) groups is 1. The molecule has 0 aromatic heterocycles. The van der Waals surface area contributed by atoms with Gasteiger partial charge in [-0.25, -0.2) is 0 Å². The number of Topliss-reactive ketones (excluding diaryl/α,β-unsaturated/α-hetero) is 1. The molecule has 4 aliphatic rings. The maximum atomic E-state index is 14.1. The Bertz CT molecular complexity index is 899. The van der Waals surface area contributed by atoms with Crippen LogP contribution in [0.3, 0.4) is 0 Å². The van der Waals surface area contributed by atoms with Gasteiger partial charge in [0.15, 0.2) is 5.78 Å². The SMILES string of the molecule is CC(=CCCC(C)C1CCC2(C)C3=C(C(=O)CC12C)C1(C)C(O)CC(O)C(C)(C)C1CC3)CO. The van der Waals surface area contributed by atoms with Crippen LogP contribution in [0.5, 0.6) is 0 Å². The van der Waals surface area contributed by atoms with Crippen molar-refractivity contribution in [1.82, 2.24) is 0 Å². The molecule has 8 unspecified atom stereocenters. The van der Waals surface area contributed by atoms with Crippen molar-refractivity contribution in [3.63, 3.8) is 0 Å². The Morgan fingerprint density at radius 3 is 2.44 bits per heavy atom. The lowest BCUT2D eigenvalue weighted by Gasteiger charge is -2.62. The number of ketones is 1. The summed E-state index contributed by atoms with van der Waals surface area (Å²) in [6.07, 6.45) is 8.01. The van der Waals surface area contributed by atoms with Crippen LogP contribution in [0.25, 0.3) is 0 Å². The molecule has 4 rings (SSSR count). The topological polar surface area (TPSA) is 77.8 Å². The molecule has 0 saturated heterocycles. The first-order chi connectivity index (χ1) is 15.7. The zero-order chi connectivity index (χ0) is 25.3. The Morgan fingerprint density at radius 2 is 1.79 bits per heavy atom. The van der Waals surface area contributed by atoms with E-state index in [2.05, 4.69) is 47.6 Å². The standard InChI is InChI=1S/C30H48O4/c1-18(17-31)9-8-10-19(2)20-13-14-28(5)21-11-12-23-27(3,4)24(33)15-25(34)30(23,7)26(21)22(32)16-29(20,28)6/h9,19-20,23-25,31,33-34H,8,10-17H2,1-7H3. The molecule has 192 valence electrons. The lowest BCUT2D eigenvalue weighted by molar-refractivity contribution is -0.160. The van der Waals surface area contributed by atoms with Gasteiger partial charge in [-0.15, -0.1) is 0 Å². The minimum Gasteiger partial charge on any atom is -0.392 e. The van der Waals surface area contributed by atoms with Gasteiger partial charge >= 0.3 is 0 Å². The van der Waals surface area contributed by atoms with E-state index in [1.807, 2.05) is 6.92 Å². The van der Waals surface area contributed by atoms with Crippen LogP contribution >= 0.6 is 0 Å². The molecule has 0 aromatic rings. The normalized spacial score (nSPS) is 45.0. The highest BCUT2D eigenvalue weighted by Crippen LogP contribution is 2.71. The van der Waals surface area contributed by atoms with E-state index in [1.165, 1.54) is 5.57 Å². The van der Waals surface area contributed by atoms with Gasteiger partial charge < -0.3 is 15.3 Å². The van der Waals surface area contributed by atoms with Crippen molar-refractivity contribution >= 4 is 5.78 Å². The molecule has 0 heterocycles. The molecule has 4 nitrogen and oxygen atoms in total. The highest BCUT2D eigenvalue weighted by atomic mass is 16.3. The molecule has 0 bridgehead atoms. The van der Waals surface area contributed by atoms with Gasteiger partial charge in [-0.1, -0.05) is 58.8 Å². The number of hydrogen-bond donors (Lipinski definition) is 3. The third kappa shape index (κ3) is 3.45. The largest absolute Gasteiger partial charge is 0.392 e. The summed E-state index contributed by atoms with van der Waals surface area (Å²) in [5.74, 6) is 1.37. The predicted octanol–water partition coefficient (Wildman–Crippen LogP) is 5.60. The van der Waals surface area contributed by atoms with Gasteiger partial charge in [0.25, 0.3) is 0 Å². The summed E-state index contributed by atoms with van der Waals surface area (Å²) in [6.45, 7) is 15.6. The van der Waals surface area contributed by atoms with Gasteiger partial charge in [0.2, 0.25) is 0 Å². The average Bonchev–Trinajstić information content (AvgIpc) is 3.03. The molecule has 4 heteroatoms. The summed E-state index contributed by atoms with van der Waals surface area (Å²) in [6, 6.07) is 0. The number of aliphatic hydroxyl groups is 3. The smallest absolute Gasteiger partial charge is 0.160 e. The molecular weight excluding hydrogens is 424 g/mol. The van der Waals surface area contributed by atoms with Crippen LogP contribution in [-0.2, 0) is 4.79 Å². The van der Waals surface area contributed by atoms with Crippen molar-refractivity contribution in [2.45, 2.75) is 112 Å². The molecule has 2 fully saturated rings. The molecule has 3 N–H and O–H groups in total. The van der Waals surface area contributed by atoms with Crippen molar-refractivity contribution in [2.24, 2.45) is 39.4 Å². The lowest BCUT2D eigenvalue weighted by Crippen LogP contribution is -2.62. The molecular formula is C30H48O4. The summed E-state index contributed by atoms with van der Waals surface area (Å²) in [4.78, 5) is 14.1. The predicted molar refractivity (Wildman–Crippen MR) is 136 cm³/mol. The van der Waals surface area contributed by atoms with Crippen molar-refractivity contribution in [3.05, 3.63) is 22.8 Å². The first-order valence-electron chi connectivity index (χ1n) is 13.6. The molecule has 2 saturated carbocycles. The fourth-order valence-electron chi connectivity index (χ4n) is 9.24. The van der Waals surface area contributed by atoms with Gasteiger partial charge in [0.1, 0.15) is 0 Å². The molecule has 8 atom stereocenters. The van der Waals surface area contributed by atoms with Crippen LogP contribution in [0.2, 0.25) is 0 Å². The Balaban J connectivity index is 1.71. The molecule has 0 spiro atoms. The minimum absolute atomic E-state index is 0.0140. The third-order valence-electron chi connectivity index (χ3n) is 11.7. The van der Waals surface area contributed by atoms with Gasteiger partial charge in [0.05, 0.1) is 18.8 Å². The van der Waals surface area contributed by atoms with Crippen LogP contribution in [0.4, 0.5) is 0 Å². The number of allylic oxidation sites excluding steroid dienone is 2. The number of hydrogen-bond acceptors (Lipinski definition) is 4. The van der Waals surface area contributed by atoms with Gasteiger partial charge in [0, 0.05) is 23.8 Å². The first kappa shape index (κ1) is 26.1. The van der Waals surface area contributed by atoms with Crippen molar-refractivity contribution in [3.8, 4) is 0 Å². The van der Waals surface area contributed by atoms with E-state index >= 15 is 0 Å². The maximum absolute atomic E-state index is 14.1. The Morgan fingerprint density at radius 1 is 1.12 bits per heavy atom. The molecule has 0 amide bonds. The second-order valence-electron chi connectivity index (χ2n) is 13.6. The van der Waals surface area contributed by atoms with E-state index in [0.29, 0.717) is 24.7 Å². The number of carbonyl (C=O) groups excluding carboxylic acids is 1. The molecule has 34 heavy (non-hydrogen) atoms. The van der Waals surface area contributed by atoms with Crippen LogP contribution in [0.15, 0.2) is 22.8 Å². The zero-order valence-electron chi connectivity index (χ0n) is 22.6. The number of rotatable bonds is 5. The minimum atomic E-state index is -0.680. The highest BCUT2D eigenvalue weighted by molar-refractivity contribution is 6.00. The summed E-state index contributed by atoms with van der Waals surface area (Å²) < 4.78 is 0. The van der Waals surface area contributed by atoms with Crippen molar-refractivity contribution in [1.29, 1.82) is 0 Å². The van der Waals surface area contributed by atoms with Crippen LogP contribution in [0, 0.1) is 39.4 Å². The molecule has 0 radical (unpaired) electrons. The second-order valence-corrected chi connectivity index (χ2v) is 13.6. The second kappa shape index (κ2) is 8.56. The maximum Gasteiger partial charge on any atom is 0.160 e. The van der Waals surface area contributed by atoms with E-state index in [0.717, 1.165) is 49.7 Å². The summed E-state index contributed by atoms with van der Waals surface area (Å²) in [5, 5.41) is 31.5. The quantitative estimate of drug-likeness (QED) is 0.455.